The number of aryl methyl sites for hydroxylation is 1. The minimum Gasteiger partial charge on any atom is -0.483 e. The van der Waals surface area contributed by atoms with Gasteiger partial charge in [-0.25, -0.2) is 4.98 Å². The molecule has 1 aromatic carbocycles. The highest BCUT2D eigenvalue weighted by molar-refractivity contribution is 5.32. The van der Waals surface area contributed by atoms with E-state index in [1.54, 1.807) is 10.9 Å². The summed E-state index contributed by atoms with van der Waals surface area (Å²) >= 11 is 0. The monoisotopic (exact) mass is 339 g/mol. The summed E-state index contributed by atoms with van der Waals surface area (Å²) in [5.41, 5.74) is 1.10. The molecule has 0 aliphatic carbocycles. The van der Waals surface area contributed by atoms with Gasteiger partial charge >= 0.3 is 0 Å². The first kappa shape index (κ1) is 15.9. The average Bonchev–Trinajstić information content (AvgIpc) is 3.36. The van der Waals surface area contributed by atoms with Gasteiger partial charge in [-0.05, 0) is 12.1 Å². The lowest BCUT2D eigenvalue weighted by molar-refractivity contribution is 0.139. The first-order chi connectivity index (χ1) is 12.3. The molecule has 2 atom stereocenters. The second-order valence-corrected chi connectivity index (χ2v) is 6.08. The molecule has 3 aromatic rings. The third-order valence-electron chi connectivity index (χ3n) is 4.27. The number of para-hydroxylation sites is 1. The Balaban J connectivity index is 1.40. The van der Waals surface area contributed by atoms with Gasteiger partial charge in [0.05, 0.1) is 38.2 Å². The highest BCUT2D eigenvalue weighted by Gasteiger charge is 2.30. The van der Waals surface area contributed by atoms with Gasteiger partial charge in [0.1, 0.15) is 11.9 Å². The molecule has 0 bridgehead atoms. The van der Waals surface area contributed by atoms with Gasteiger partial charge in [0.15, 0.2) is 5.75 Å². The SMILES string of the molecule is Cn1cc(O[C@@H]2COC[C@@H]2NCc2nccn2-c2ccccc2)cn1. The number of hydrogen-bond acceptors (Lipinski definition) is 5. The number of nitrogens with one attached hydrogen (secondary N) is 1. The molecule has 0 amide bonds. The van der Waals surface area contributed by atoms with Gasteiger partial charge in [-0.3, -0.25) is 4.68 Å². The fraction of sp³-hybridized carbons (Fsp3) is 0.333. The fourth-order valence-corrected chi connectivity index (χ4v) is 2.99. The number of aromatic nitrogens is 4. The summed E-state index contributed by atoms with van der Waals surface area (Å²) in [6.45, 7) is 1.83. The van der Waals surface area contributed by atoms with Crippen LogP contribution in [-0.4, -0.2) is 44.7 Å². The molecule has 7 heteroatoms. The second kappa shape index (κ2) is 7.08. The molecule has 0 saturated carbocycles. The summed E-state index contributed by atoms with van der Waals surface area (Å²) < 4.78 is 15.4. The largest absolute Gasteiger partial charge is 0.483 e. The van der Waals surface area contributed by atoms with E-state index in [0.717, 1.165) is 17.3 Å². The van der Waals surface area contributed by atoms with E-state index in [0.29, 0.717) is 19.8 Å². The Hall–Kier alpha value is -2.64. The normalized spacial score (nSPS) is 20.0. The smallest absolute Gasteiger partial charge is 0.157 e. The summed E-state index contributed by atoms with van der Waals surface area (Å²) in [5, 5.41) is 7.64. The van der Waals surface area contributed by atoms with E-state index in [9.17, 15) is 0 Å². The van der Waals surface area contributed by atoms with Crippen LogP contribution in [0.5, 0.6) is 5.75 Å². The highest BCUT2D eigenvalue weighted by atomic mass is 16.5. The van der Waals surface area contributed by atoms with Gasteiger partial charge < -0.3 is 19.4 Å². The van der Waals surface area contributed by atoms with Crippen LogP contribution in [0.15, 0.2) is 55.1 Å². The predicted molar refractivity (Wildman–Crippen MR) is 92.6 cm³/mol. The Bertz CT molecular complexity index is 814. The molecule has 0 spiro atoms. The van der Waals surface area contributed by atoms with E-state index < -0.39 is 0 Å². The lowest BCUT2D eigenvalue weighted by atomic mass is 10.2. The Morgan fingerprint density at radius 3 is 2.96 bits per heavy atom. The van der Waals surface area contributed by atoms with Crippen molar-refractivity contribution in [3.05, 3.63) is 60.9 Å². The van der Waals surface area contributed by atoms with E-state index in [1.165, 1.54) is 0 Å². The quantitative estimate of drug-likeness (QED) is 0.738. The van der Waals surface area contributed by atoms with Crippen LogP contribution in [0, 0.1) is 0 Å². The Morgan fingerprint density at radius 2 is 2.16 bits per heavy atom. The number of rotatable bonds is 6. The van der Waals surface area contributed by atoms with Crippen LogP contribution in [0.4, 0.5) is 0 Å². The first-order valence-corrected chi connectivity index (χ1v) is 8.33. The zero-order valence-electron chi connectivity index (χ0n) is 14.1. The van der Waals surface area contributed by atoms with Crippen molar-refractivity contribution in [3.8, 4) is 11.4 Å². The van der Waals surface area contributed by atoms with Crippen LogP contribution >= 0.6 is 0 Å². The summed E-state index contributed by atoms with van der Waals surface area (Å²) in [6.07, 6.45) is 7.33. The maximum Gasteiger partial charge on any atom is 0.157 e. The molecule has 1 aliphatic rings. The van der Waals surface area contributed by atoms with Crippen LogP contribution in [-0.2, 0) is 18.3 Å². The minimum atomic E-state index is -0.0377. The molecule has 7 nitrogen and oxygen atoms in total. The molecule has 3 heterocycles. The molecule has 1 N–H and O–H groups in total. The molecule has 0 radical (unpaired) electrons. The van der Waals surface area contributed by atoms with Crippen molar-refractivity contribution in [2.24, 2.45) is 7.05 Å². The van der Waals surface area contributed by atoms with Crippen LogP contribution in [0.1, 0.15) is 5.82 Å². The Morgan fingerprint density at radius 1 is 1.28 bits per heavy atom. The molecule has 1 fully saturated rings. The molecule has 130 valence electrons. The van der Waals surface area contributed by atoms with Crippen molar-refractivity contribution in [2.75, 3.05) is 13.2 Å². The van der Waals surface area contributed by atoms with Gasteiger partial charge in [0.25, 0.3) is 0 Å². The summed E-state index contributed by atoms with van der Waals surface area (Å²) in [4.78, 5) is 4.47. The number of benzene rings is 1. The predicted octanol–water partition coefficient (Wildman–Crippen LogP) is 1.54. The second-order valence-electron chi connectivity index (χ2n) is 6.08. The Kier molecular flexibility index (Phi) is 4.49. The molecule has 1 aliphatic heterocycles. The van der Waals surface area contributed by atoms with Crippen molar-refractivity contribution >= 4 is 0 Å². The Labute approximate surface area is 146 Å². The number of imidazole rings is 1. The molecule has 2 aromatic heterocycles. The van der Waals surface area contributed by atoms with Crippen molar-refractivity contribution in [1.82, 2.24) is 24.6 Å². The summed E-state index contributed by atoms with van der Waals surface area (Å²) in [5.74, 6) is 1.72. The molecular formula is C18H21N5O2. The molecule has 1 saturated heterocycles. The van der Waals surface area contributed by atoms with Crippen molar-refractivity contribution in [3.63, 3.8) is 0 Å². The van der Waals surface area contributed by atoms with Crippen molar-refractivity contribution < 1.29 is 9.47 Å². The average molecular weight is 339 g/mol. The van der Waals surface area contributed by atoms with Crippen LogP contribution in [0.25, 0.3) is 5.69 Å². The third kappa shape index (κ3) is 3.57. The zero-order chi connectivity index (χ0) is 17.1. The van der Waals surface area contributed by atoms with Crippen molar-refractivity contribution in [1.29, 1.82) is 0 Å². The minimum absolute atomic E-state index is 0.0377. The molecule has 25 heavy (non-hydrogen) atoms. The summed E-state index contributed by atoms with van der Waals surface area (Å²) in [6, 6.07) is 10.3. The van der Waals surface area contributed by atoms with E-state index in [2.05, 4.69) is 32.1 Å². The van der Waals surface area contributed by atoms with Crippen LogP contribution < -0.4 is 10.1 Å². The third-order valence-corrected chi connectivity index (χ3v) is 4.27. The van der Waals surface area contributed by atoms with Gasteiger partial charge in [-0.1, -0.05) is 18.2 Å². The number of ether oxygens (including phenoxy) is 2. The van der Waals surface area contributed by atoms with Gasteiger partial charge in [0, 0.05) is 25.1 Å². The standard InChI is InChI=1S/C18H21N5O2/c1-22-11-15(9-21-22)25-17-13-24-12-16(17)20-10-18-19-7-8-23(18)14-5-3-2-4-6-14/h2-9,11,16-17,20H,10,12-13H2,1H3/t16-,17+/m0/s1. The van der Waals surface area contributed by atoms with Crippen LogP contribution in [0.2, 0.25) is 0 Å². The van der Waals surface area contributed by atoms with E-state index in [1.807, 2.05) is 43.8 Å². The highest BCUT2D eigenvalue weighted by Crippen LogP contribution is 2.17. The topological polar surface area (TPSA) is 66.1 Å². The van der Waals surface area contributed by atoms with E-state index in [-0.39, 0.29) is 12.1 Å². The van der Waals surface area contributed by atoms with E-state index in [4.69, 9.17) is 9.47 Å². The lowest BCUT2D eigenvalue weighted by Crippen LogP contribution is -2.42. The zero-order valence-corrected chi connectivity index (χ0v) is 14.1. The van der Waals surface area contributed by atoms with Crippen LogP contribution in [0.3, 0.4) is 0 Å². The molecule has 0 unspecified atom stereocenters. The first-order valence-electron chi connectivity index (χ1n) is 8.33. The van der Waals surface area contributed by atoms with E-state index >= 15 is 0 Å². The van der Waals surface area contributed by atoms with Gasteiger partial charge in [0.2, 0.25) is 0 Å². The van der Waals surface area contributed by atoms with Gasteiger partial charge in [-0.15, -0.1) is 0 Å². The van der Waals surface area contributed by atoms with Gasteiger partial charge in [-0.2, -0.15) is 5.10 Å². The fourth-order valence-electron chi connectivity index (χ4n) is 2.99. The summed E-state index contributed by atoms with van der Waals surface area (Å²) in [7, 11) is 1.87. The number of hydrogen-bond donors (Lipinski definition) is 1. The molecule has 4 rings (SSSR count). The number of nitrogens with zero attached hydrogens (tertiary/aromatic N) is 4. The lowest BCUT2D eigenvalue weighted by Gasteiger charge is -2.20. The maximum atomic E-state index is 6.00. The maximum absolute atomic E-state index is 6.00. The van der Waals surface area contributed by atoms with Crippen molar-refractivity contribution in [2.45, 2.75) is 18.7 Å². The molecular weight excluding hydrogens is 318 g/mol.